The van der Waals surface area contributed by atoms with E-state index in [1.807, 2.05) is 17.1 Å². The van der Waals surface area contributed by atoms with Crippen LogP contribution in [0.1, 0.15) is 25.7 Å². The Morgan fingerprint density at radius 2 is 2.35 bits per heavy atom. The predicted octanol–water partition coefficient (Wildman–Crippen LogP) is 1.22. The normalized spacial score (nSPS) is 26.8. The number of amides is 2. The van der Waals surface area contributed by atoms with Gasteiger partial charge in [0.1, 0.15) is 11.8 Å². The molecular weight excluding hydrogens is 256 g/mol. The Kier molecular flexibility index (Phi) is 5.21. The summed E-state index contributed by atoms with van der Waals surface area (Å²) in [5.74, 6) is 1.25. The van der Waals surface area contributed by atoms with E-state index in [9.17, 15) is 9.59 Å². The molecule has 1 aliphatic carbocycles. The van der Waals surface area contributed by atoms with E-state index in [1.165, 1.54) is 0 Å². The van der Waals surface area contributed by atoms with Crippen molar-refractivity contribution in [2.75, 3.05) is 20.2 Å². The van der Waals surface area contributed by atoms with E-state index in [2.05, 4.69) is 11.4 Å². The summed E-state index contributed by atoms with van der Waals surface area (Å²) in [5.41, 5.74) is 0. The third-order valence-corrected chi connectivity index (χ3v) is 3.89. The van der Waals surface area contributed by atoms with E-state index in [-0.39, 0.29) is 11.9 Å². The zero-order valence-corrected chi connectivity index (χ0v) is 11.9. The van der Waals surface area contributed by atoms with Crippen molar-refractivity contribution in [3.05, 3.63) is 24.0 Å². The van der Waals surface area contributed by atoms with E-state index < -0.39 is 0 Å². The molecule has 0 radical (unpaired) electrons. The fraction of sp³-hybridized carbons (Fsp3) is 0.600. The number of hydrogen-bond acceptors (Lipinski definition) is 3. The van der Waals surface area contributed by atoms with Crippen LogP contribution < -0.4 is 5.32 Å². The third kappa shape index (κ3) is 3.62. The molecule has 1 aliphatic heterocycles. The van der Waals surface area contributed by atoms with Crippen LogP contribution in [0.25, 0.3) is 0 Å². The molecular formula is C15H22N2O3. The molecule has 2 amide bonds. The van der Waals surface area contributed by atoms with Crippen LogP contribution in [0.4, 0.5) is 0 Å². The van der Waals surface area contributed by atoms with Gasteiger partial charge in [-0.3, -0.25) is 9.59 Å². The van der Waals surface area contributed by atoms with Crippen molar-refractivity contribution in [2.45, 2.75) is 31.7 Å². The second-order valence-electron chi connectivity index (χ2n) is 5.28. The summed E-state index contributed by atoms with van der Waals surface area (Å²) in [5, 5.41) is 2.64. The molecule has 1 unspecified atom stereocenters. The standard InChI is InChI=1S/C15H22N2O3/c1-20-13-7-5-12(6-8-13)10-17-9-3-2-4-14(15(17)19)16-11-18/h5,7-8,11-12,14H,2-4,6,9-10H2,1H3,(H,16,18)/t12?,14-/m0/s1. The summed E-state index contributed by atoms with van der Waals surface area (Å²) in [7, 11) is 1.66. The van der Waals surface area contributed by atoms with Crippen molar-refractivity contribution in [2.24, 2.45) is 5.92 Å². The summed E-state index contributed by atoms with van der Waals surface area (Å²) in [6.45, 7) is 1.49. The minimum atomic E-state index is -0.354. The van der Waals surface area contributed by atoms with Gasteiger partial charge in [0.2, 0.25) is 12.3 Å². The van der Waals surface area contributed by atoms with Gasteiger partial charge in [-0.1, -0.05) is 6.08 Å². The van der Waals surface area contributed by atoms with E-state index in [4.69, 9.17) is 4.74 Å². The second-order valence-corrected chi connectivity index (χ2v) is 5.28. The first kappa shape index (κ1) is 14.6. The largest absolute Gasteiger partial charge is 0.497 e. The lowest BCUT2D eigenvalue weighted by Gasteiger charge is -2.28. The van der Waals surface area contributed by atoms with Gasteiger partial charge in [-0.2, -0.15) is 0 Å². The first-order chi connectivity index (χ1) is 9.74. The Morgan fingerprint density at radius 1 is 1.50 bits per heavy atom. The highest BCUT2D eigenvalue weighted by molar-refractivity contribution is 5.84. The summed E-state index contributed by atoms with van der Waals surface area (Å²) in [6, 6.07) is -0.354. The molecule has 0 saturated carbocycles. The van der Waals surface area contributed by atoms with Crippen LogP contribution in [0, 0.1) is 5.92 Å². The van der Waals surface area contributed by atoms with Crippen LogP contribution in [0.5, 0.6) is 0 Å². The zero-order chi connectivity index (χ0) is 14.4. The highest BCUT2D eigenvalue weighted by atomic mass is 16.5. The average Bonchev–Trinajstić information content (AvgIpc) is 2.64. The first-order valence-electron chi connectivity index (χ1n) is 7.15. The number of carbonyl (C=O) groups excluding carboxylic acids is 2. The van der Waals surface area contributed by atoms with Gasteiger partial charge in [0.15, 0.2) is 0 Å². The first-order valence-corrected chi connectivity index (χ1v) is 7.15. The molecule has 5 heteroatoms. The molecule has 2 rings (SSSR count). The quantitative estimate of drug-likeness (QED) is 0.769. The summed E-state index contributed by atoms with van der Waals surface area (Å²) in [4.78, 5) is 24.8. The van der Waals surface area contributed by atoms with E-state index >= 15 is 0 Å². The smallest absolute Gasteiger partial charge is 0.245 e. The molecule has 0 aromatic heterocycles. The number of ether oxygens (including phenoxy) is 1. The molecule has 1 fully saturated rings. The minimum absolute atomic E-state index is 0.0459. The van der Waals surface area contributed by atoms with Gasteiger partial charge in [0, 0.05) is 13.1 Å². The number of hydrogen-bond donors (Lipinski definition) is 1. The maximum Gasteiger partial charge on any atom is 0.245 e. The van der Waals surface area contributed by atoms with Crippen LogP contribution in [-0.2, 0) is 14.3 Å². The molecule has 5 nitrogen and oxygen atoms in total. The zero-order valence-electron chi connectivity index (χ0n) is 11.9. The van der Waals surface area contributed by atoms with Gasteiger partial charge in [-0.05, 0) is 43.8 Å². The molecule has 20 heavy (non-hydrogen) atoms. The fourth-order valence-corrected chi connectivity index (χ4v) is 2.74. The van der Waals surface area contributed by atoms with Crippen LogP contribution in [0.15, 0.2) is 24.0 Å². The van der Waals surface area contributed by atoms with Crippen LogP contribution in [-0.4, -0.2) is 43.5 Å². The van der Waals surface area contributed by atoms with Gasteiger partial charge >= 0.3 is 0 Å². The fourth-order valence-electron chi connectivity index (χ4n) is 2.74. The van der Waals surface area contributed by atoms with Gasteiger partial charge in [0.25, 0.3) is 0 Å². The number of carbonyl (C=O) groups is 2. The monoisotopic (exact) mass is 278 g/mol. The second kappa shape index (κ2) is 7.12. The van der Waals surface area contributed by atoms with Gasteiger partial charge in [-0.15, -0.1) is 0 Å². The minimum Gasteiger partial charge on any atom is -0.497 e. The number of methoxy groups -OCH3 is 1. The molecule has 110 valence electrons. The number of rotatable bonds is 5. The average molecular weight is 278 g/mol. The molecule has 2 atom stereocenters. The Bertz CT molecular complexity index is 417. The van der Waals surface area contributed by atoms with Crippen LogP contribution in [0.2, 0.25) is 0 Å². The predicted molar refractivity (Wildman–Crippen MR) is 75.8 cm³/mol. The van der Waals surface area contributed by atoms with Crippen LogP contribution in [0.3, 0.4) is 0 Å². The molecule has 0 aromatic carbocycles. The lowest BCUT2D eigenvalue weighted by atomic mass is 9.99. The highest BCUT2D eigenvalue weighted by Gasteiger charge is 2.27. The highest BCUT2D eigenvalue weighted by Crippen LogP contribution is 2.20. The Balaban J connectivity index is 1.94. The molecule has 1 N–H and O–H groups in total. The molecule has 2 aliphatic rings. The summed E-state index contributed by atoms with van der Waals surface area (Å²) in [6.07, 6.45) is 10.3. The van der Waals surface area contributed by atoms with Crippen LogP contribution >= 0.6 is 0 Å². The molecule has 0 spiro atoms. The van der Waals surface area contributed by atoms with Crippen molar-refractivity contribution in [3.8, 4) is 0 Å². The van der Waals surface area contributed by atoms with Gasteiger partial charge in [0.05, 0.1) is 7.11 Å². The molecule has 0 bridgehead atoms. The maximum atomic E-state index is 12.4. The number of allylic oxidation sites excluding steroid dienone is 2. The lowest BCUT2D eigenvalue weighted by molar-refractivity contribution is -0.134. The summed E-state index contributed by atoms with van der Waals surface area (Å²) < 4.78 is 5.16. The SMILES string of the molecule is COC1=CCC(CN2CCCC[C@H](NC=O)C2=O)C=C1. The Morgan fingerprint density at radius 3 is 3.00 bits per heavy atom. The van der Waals surface area contributed by atoms with E-state index in [0.717, 1.165) is 38.0 Å². The molecule has 0 aromatic rings. The van der Waals surface area contributed by atoms with Crippen molar-refractivity contribution in [3.63, 3.8) is 0 Å². The van der Waals surface area contributed by atoms with E-state index in [1.54, 1.807) is 7.11 Å². The lowest BCUT2D eigenvalue weighted by Crippen LogP contribution is -2.46. The number of nitrogens with zero attached hydrogens (tertiary/aromatic N) is 1. The van der Waals surface area contributed by atoms with Gasteiger partial charge < -0.3 is 15.0 Å². The van der Waals surface area contributed by atoms with Gasteiger partial charge in [-0.25, -0.2) is 0 Å². The van der Waals surface area contributed by atoms with Crippen molar-refractivity contribution in [1.29, 1.82) is 0 Å². The van der Waals surface area contributed by atoms with E-state index in [0.29, 0.717) is 18.9 Å². The third-order valence-electron chi connectivity index (χ3n) is 3.89. The maximum absolute atomic E-state index is 12.4. The topological polar surface area (TPSA) is 58.6 Å². The number of nitrogens with one attached hydrogen (secondary N) is 1. The van der Waals surface area contributed by atoms with Crippen molar-refractivity contribution in [1.82, 2.24) is 10.2 Å². The van der Waals surface area contributed by atoms with Crippen molar-refractivity contribution >= 4 is 12.3 Å². The molecule has 1 heterocycles. The Labute approximate surface area is 119 Å². The molecule has 1 saturated heterocycles. The van der Waals surface area contributed by atoms with Crippen molar-refractivity contribution < 1.29 is 14.3 Å². The Hall–Kier alpha value is -1.78. The number of likely N-dealkylation sites (tertiary alicyclic amines) is 1. The summed E-state index contributed by atoms with van der Waals surface area (Å²) >= 11 is 0.